The molecule has 5 aromatic carbocycles. The molecule has 8 aliphatic rings. The molecule has 8 aliphatic carbocycles. The van der Waals surface area contributed by atoms with Crippen LogP contribution in [0.4, 0.5) is 0 Å². The van der Waals surface area contributed by atoms with Gasteiger partial charge in [0.1, 0.15) is 0 Å². The van der Waals surface area contributed by atoms with E-state index < -0.39 is 0 Å². The molecule has 4 atom stereocenters. The Labute approximate surface area is 338 Å². The van der Waals surface area contributed by atoms with Gasteiger partial charge in [-0.15, -0.1) is 0 Å². The summed E-state index contributed by atoms with van der Waals surface area (Å²) in [4.78, 5) is 0. The van der Waals surface area contributed by atoms with Gasteiger partial charge < -0.3 is 4.40 Å². The lowest BCUT2D eigenvalue weighted by molar-refractivity contribution is 0.166. The summed E-state index contributed by atoms with van der Waals surface area (Å²) in [7, 11) is 0. The highest BCUT2D eigenvalue weighted by Gasteiger charge is 2.47. The summed E-state index contributed by atoms with van der Waals surface area (Å²) in [6.45, 7) is 14.5. The number of fused-ring (bicyclic) bond motifs is 8. The number of rotatable bonds is 1. The maximum atomic E-state index is 11.2. The standard InChI is InChI=1S/C55H56N2/c1-54(2,3)38-23-41-40(43(24-38)55(4,5)6)25-42-50-45(26-39(32-10-8-7-9-11-32)47-34-16-30-13-31(17-34)21-36(20-30)49(47)50)57-44-22-37(27-56)46-33-14-28-12-29(15-33)19-35(18-28)48(46)52(44)51(41)53(42)57/h7-11,22-26,28-31,33-36H,12-21H2,1-6H3. The van der Waals surface area contributed by atoms with Crippen molar-refractivity contribution in [2.75, 3.05) is 0 Å². The summed E-state index contributed by atoms with van der Waals surface area (Å²) in [5.41, 5.74) is 17.2. The van der Waals surface area contributed by atoms with E-state index >= 15 is 0 Å². The first kappa shape index (κ1) is 33.6. The van der Waals surface area contributed by atoms with Crippen molar-refractivity contribution in [3.05, 3.63) is 99.6 Å². The molecule has 0 aliphatic heterocycles. The largest absolute Gasteiger partial charge is 0.308 e. The van der Waals surface area contributed by atoms with Crippen molar-refractivity contribution in [1.29, 1.82) is 5.26 Å². The van der Waals surface area contributed by atoms with Crippen molar-refractivity contribution >= 4 is 48.9 Å². The molecule has 286 valence electrons. The van der Waals surface area contributed by atoms with Crippen molar-refractivity contribution in [1.82, 2.24) is 4.40 Å². The highest BCUT2D eigenvalue weighted by atomic mass is 14.9. The monoisotopic (exact) mass is 744 g/mol. The van der Waals surface area contributed by atoms with Crippen molar-refractivity contribution < 1.29 is 0 Å². The van der Waals surface area contributed by atoms with Crippen LogP contribution in [0, 0.1) is 35.0 Å². The average Bonchev–Trinajstić information content (AvgIpc) is 3.54. The van der Waals surface area contributed by atoms with E-state index in [1.807, 2.05) is 0 Å². The zero-order valence-electron chi connectivity index (χ0n) is 34.9. The van der Waals surface area contributed by atoms with Crippen LogP contribution in [0.25, 0.3) is 60.0 Å². The highest BCUT2D eigenvalue weighted by Crippen LogP contribution is 2.63. The van der Waals surface area contributed by atoms with Crippen LogP contribution in [0.1, 0.15) is 168 Å². The molecule has 2 heterocycles. The van der Waals surface area contributed by atoms with Gasteiger partial charge in [-0.25, -0.2) is 0 Å². The van der Waals surface area contributed by atoms with Gasteiger partial charge in [0.25, 0.3) is 0 Å². The van der Waals surface area contributed by atoms with E-state index in [4.69, 9.17) is 0 Å². The molecule has 0 radical (unpaired) electrons. The van der Waals surface area contributed by atoms with Gasteiger partial charge in [-0.3, -0.25) is 0 Å². The summed E-state index contributed by atoms with van der Waals surface area (Å²) >= 11 is 0. The Hall–Kier alpha value is -4.35. The van der Waals surface area contributed by atoms with Crippen molar-refractivity contribution in [3.63, 3.8) is 0 Å². The Balaban J connectivity index is 1.30. The predicted molar refractivity (Wildman–Crippen MR) is 237 cm³/mol. The van der Waals surface area contributed by atoms with E-state index in [-0.39, 0.29) is 10.8 Å². The Bertz CT molecular complexity index is 2910. The van der Waals surface area contributed by atoms with Crippen LogP contribution in [-0.4, -0.2) is 4.40 Å². The Morgan fingerprint density at radius 2 is 1.09 bits per heavy atom. The lowest BCUT2D eigenvalue weighted by Gasteiger charge is -2.38. The van der Waals surface area contributed by atoms with Crippen molar-refractivity contribution in [2.24, 2.45) is 23.7 Å². The molecule has 0 N–H and O–H groups in total. The maximum Gasteiger partial charge on any atom is 0.0995 e. The normalized spacial score (nSPS) is 28.9. The molecule has 4 fully saturated rings. The SMILES string of the molecule is CC(C)(C)c1cc(C(C)(C)C)c2cc3c4c5c(c(-c6ccccc6)cc4n4c6cc(C#N)c7c(c6c(c2c1)c34)C1CC2CC(CC7C2)C1)C1CC2CC(C1)CC5C2. The zero-order valence-corrected chi connectivity index (χ0v) is 34.9. The number of nitrogens with zero attached hydrogens (tertiary/aromatic N) is 2. The zero-order chi connectivity index (χ0) is 38.4. The lowest BCUT2D eigenvalue weighted by atomic mass is 9.67. The molecule has 7 aromatic rings. The minimum Gasteiger partial charge on any atom is -0.308 e. The second kappa shape index (κ2) is 11.0. The molecule has 0 saturated heterocycles. The van der Waals surface area contributed by atoms with Gasteiger partial charge in [0.15, 0.2) is 0 Å². The third-order valence-electron chi connectivity index (χ3n) is 17.0. The number of hydrogen-bond donors (Lipinski definition) is 0. The van der Waals surface area contributed by atoms with Gasteiger partial charge in [0.05, 0.1) is 28.2 Å². The molecule has 15 rings (SSSR count). The Morgan fingerprint density at radius 3 is 1.67 bits per heavy atom. The van der Waals surface area contributed by atoms with Gasteiger partial charge in [-0.1, -0.05) is 77.9 Å². The van der Waals surface area contributed by atoms with E-state index in [0.29, 0.717) is 23.7 Å². The van der Waals surface area contributed by atoms with Crippen LogP contribution in [0.5, 0.6) is 0 Å². The fourth-order valence-electron chi connectivity index (χ4n) is 15.2. The Kier molecular flexibility index (Phi) is 6.50. The Morgan fingerprint density at radius 1 is 0.526 bits per heavy atom. The van der Waals surface area contributed by atoms with Crippen LogP contribution in [0.2, 0.25) is 0 Å². The van der Waals surface area contributed by atoms with Gasteiger partial charge in [-0.05, 0) is 202 Å². The smallest absolute Gasteiger partial charge is 0.0995 e. The molecule has 2 aromatic heterocycles. The van der Waals surface area contributed by atoms with Crippen LogP contribution in [0.15, 0.2) is 60.7 Å². The van der Waals surface area contributed by atoms with E-state index in [1.54, 1.807) is 22.1 Å². The second-order valence-corrected chi connectivity index (χ2v) is 22.5. The molecule has 4 saturated carbocycles. The molecule has 2 nitrogen and oxygen atoms in total. The number of hydrogen-bond acceptors (Lipinski definition) is 1. The average molecular weight is 745 g/mol. The van der Waals surface area contributed by atoms with Gasteiger partial charge >= 0.3 is 0 Å². The van der Waals surface area contributed by atoms with E-state index in [0.717, 1.165) is 29.2 Å². The van der Waals surface area contributed by atoms with Crippen LogP contribution in [-0.2, 0) is 10.8 Å². The van der Waals surface area contributed by atoms with Crippen LogP contribution >= 0.6 is 0 Å². The minimum atomic E-state index is -0.0195. The molecule has 4 unspecified atom stereocenters. The number of nitriles is 1. The first-order chi connectivity index (χ1) is 27.4. The van der Waals surface area contributed by atoms with E-state index in [1.165, 1.54) is 136 Å². The second-order valence-electron chi connectivity index (χ2n) is 22.5. The quantitative estimate of drug-likeness (QED) is 0.164. The molecule has 57 heavy (non-hydrogen) atoms. The third kappa shape index (κ3) is 4.42. The fraction of sp³-hybridized carbons (Fsp3) is 0.473. The minimum absolute atomic E-state index is 0.0175. The topological polar surface area (TPSA) is 28.2 Å². The lowest BCUT2D eigenvalue weighted by Crippen LogP contribution is -2.25. The van der Waals surface area contributed by atoms with Crippen LogP contribution < -0.4 is 0 Å². The van der Waals surface area contributed by atoms with E-state index in [9.17, 15) is 5.26 Å². The molecule has 0 spiro atoms. The first-order valence-corrected chi connectivity index (χ1v) is 22.8. The summed E-state index contributed by atoms with van der Waals surface area (Å²) in [5, 5.41) is 20.1. The molecular weight excluding hydrogens is 689 g/mol. The molecule has 8 bridgehead atoms. The fourth-order valence-corrected chi connectivity index (χ4v) is 15.2. The van der Waals surface area contributed by atoms with Gasteiger partial charge in [0.2, 0.25) is 0 Å². The van der Waals surface area contributed by atoms with E-state index in [2.05, 4.69) is 113 Å². The molecule has 2 heteroatoms. The van der Waals surface area contributed by atoms with Crippen LogP contribution in [0.3, 0.4) is 0 Å². The summed E-state index contributed by atoms with van der Waals surface area (Å²) < 4.78 is 2.73. The maximum absolute atomic E-state index is 11.2. The predicted octanol–water partition coefficient (Wildman–Crippen LogP) is 14.9. The summed E-state index contributed by atoms with van der Waals surface area (Å²) in [5.74, 6) is 5.58. The van der Waals surface area contributed by atoms with Gasteiger partial charge in [-0.2, -0.15) is 5.26 Å². The first-order valence-electron chi connectivity index (χ1n) is 22.8. The van der Waals surface area contributed by atoms with Crippen molar-refractivity contribution in [2.45, 2.75) is 140 Å². The summed E-state index contributed by atoms with van der Waals surface area (Å²) in [6, 6.07) is 27.2. The molecule has 0 amide bonds. The number of aromatic nitrogens is 1. The summed E-state index contributed by atoms with van der Waals surface area (Å²) in [6.07, 6.45) is 13.4. The highest BCUT2D eigenvalue weighted by molar-refractivity contribution is 6.33. The van der Waals surface area contributed by atoms with Gasteiger partial charge in [0, 0.05) is 21.5 Å². The van der Waals surface area contributed by atoms with Crippen molar-refractivity contribution in [3.8, 4) is 17.2 Å². The third-order valence-corrected chi connectivity index (χ3v) is 17.0. The molecular formula is C55H56N2. The number of benzene rings is 5.